The van der Waals surface area contributed by atoms with Crippen molar-refractivity contribution < 1.29 is 18.0 Å². The predicted octanol–water partition coefficient (Wildman–Crippen LogP) is 4.16. The van der Waals surface area contributed by atoms with Crippen LogP contribution < -0.4 is 5.32 Å². The molecule has 1 saturated carbocycles. The number of carbonyl (C=O) groups excluding carboxylic acids is 1. The van der Waals surface area contributed by atoms with Crippen LogP contribution in [0.5, 0.6) is 0 Å². The van der Waals surface area contributed by atoms with Crippen molar-refractivity contribution in [3.05, 3.63) is 65.9 Å². The number of rotatable bonds is 5. The maximum absolute atomic E-state index is 13.0. The van der Waals surface area contributed by atoms with E-state index < -0.39 is 11.9 Å². The highest BCUT2D eigenvalue weighted by Crippen LogP contribution is 2.42. The van der Waals surface area contributed by atoms with E-state index in [1.807, 2.05) is 0 Å². The number of pyridine rings is 2. The Morgan fingerprint density at radius 3 is 2.48 bits per heavy atom. The molecule has 1 fully saturated rings. The molecule has 3 aromatic heterocycles. The van der Waals surface area contributed by atoms with E-state index in [9.17, 15) is 18.0 Å². The molecule has 4 rings (SSSR count). The van der Waals surface area contributed by atoms with Gasteiger partial charge in [0.15, 0.2) is 11.5 Å². The minimum Gasteiger partial charge on any atom is -0.324 e. The Morgan fingerprint density at radius 2 is 1.90 bits per heavy atom. The summed E-state index contributed by atoms with van der Waals surface area (Å²) in [6.45, 7) is 0. The minimum absolute atomic E-state index is 0. The zero-order valence-corrected chi connectivity index (χ0v) is 15.9. The summed E-state index contributed by atoms with van der Waals surface area (Å²) in [4.78, 5) is 20.2. The third kappa shape index (κ3) is 4.92. The van der Waals surface area contributed by atoms with Gasteiger partial charge in [-0.3, -0.25) is 9.78 Å². The molecule has 0 atom stereocenters. The zero-order valence-electron chi connectivity index (χ0n) is 15.1. The molecule has 152 valence electrons. The second kappa shape index (κ2) is 8.20. The summed E-state index contributed by atoms with van der Waals surface area (Å²) in [6.07, 6.45) is 1.98. The Hall–Kier alpha value is -2.94. The first-order chi connectivity index (χ1) is 13.4. The molecule has 0 bridgehead atoms. The molecule has 0 aliphatic heterocycles. The maximum atomic E-state index is 13.0. The van der Waals surface area contributed by atoms with Crippen molar-refractivity contribution in [2.45, 2.75) is 31.4 Å². The molecule has 0 saturated heterocycles. The number of aromatic nitrogens is 4. The largest absolute Gasteiger partial charge is 0.435 e. The van der Waals surface area contributed by atoms with Gasteiger partial charge in [-0.05, 0) is 48.7 Å². The van der Waals surface area contributed by atoms with E-state index in [0.29, 0.717) is 11.4 Å². The molecule has 0 unspecified atom stereocenters. The molecule has 3 aromatic rings. The molecule has 1 aliphatic carbocycles. The van der Waals surface area contributed by atoms with E-state index in [0.717, 1.165) is 24.5 Å². The van der Waals surface area contributed by atoms with Gasteiger partial charge in [0.2, 0.25) is 5.91 Å². The van der Waals surface area contributed by atoms with Gasteiger partial charge >= 0.3 is 6.18 Å². The van der Waals surface area contributed by atoms with E-state index >= 15 is 0 Å². The first kappa shape index (κ1) is 20.8. The number of nitrogens with one attached hydrogen (secondary N) is 1. The highest BCUT2D eigenvalue weighted by Gasteiger charge is 2.38. The van der Waals surface area contributed by atoms with Gasteiger partial charge in [-0.1, -0.05) is 0 Å². The fourth-order valence-corrected chi connectivity index (χ4v) is 2.86. The highest BCUT2D eigenvalue weighted by molar-refractivity contribution is 5.92. The maximum Gasteiger partial charge on any atom is 0.435 e. The van der Waals surface area contributed by atoms with Gasteiger partial charge in [0.1, 0.15) is 0 Å². The Kier molecular flexibility index (Phi) is 5.88. The molecular weight excluding hydrogens is 407 g/mol. The quantitative estimate of drug-likeness (QED) is 0.668. The number of anilines is 1. The first-order valence-electron chi connectivity index (χ1n) is 8.72. The van der Waals surface area contributed by atoms with Gasteiger partial charge in [0, 0.05) is 24.0 Å². The number of carbonyl (C=O) groups is 1. The van der Waals surface area contributed by atoms with Crippen LogP contribution in [-0.2, 0) is 17.4 Å². The molecule has 10 heteroatoms. The lowest BCUT2D eigenvalue weighted by Crippen LogP contribution is -2.15. The standard InChI is InChI=1S/C19H16F3N5O.ClH/c20-19(21,22)16-10-15(13-1-2-13)27(26-16)17-4-3-14(11-24-17)25-18(28)9-12-5-7-23-8-6-12;/h3-8,10-11,13H,1-2,9H2,(H,25,28);1H. The van der Waals surface area contributed by atoms with Crippen LogP contribution in [0.15, 0.2) is 48.9 Å². The average molecular weight is 424 g/mol. The summed E-state index contributed by atoms with van der Waals surface area (Å²) in [5, 5.41) is 6.41. The molecule has 1 amide bonds. The van der Waals surface area contributed by atoms with E-state index in [1.54, 1.807) is 36.7 Å². The van der Waals surface area contributed by atoms with Crippen LogP contribution in [0.4, 0.5) is 18.9 Å². The van der Waals surface area contributed by atoms with Crippen LogP contribution in [-0.4, -0.2) is 25.7 Å². The number of halogens is 4. The number of nitrogens with zero attached hydrogens (tertiary/aromatic N) is 4. The van der Waals surface area contributed by atoms with Gasteiger partial charge in [0.25, 0.3) is 0 Å². The Labute approximate surface area is 170 Å². The van der Waals surface area contributed by atoms with E-state index in [-0.39, 0.29) is 36.5 Å². The molecule has 1 N–H and O–H groups in total. The number of hydrogen-bond acceptors (Lipinski definition) is 4. The molecule has 0 radical (unpaired) electrons. The van der Waals surface area contributed by atoms with Gasteiger partial charge < -0.3 is 5.32 Å². The molecule has 1 aliphatic rings. The number of amides is 1. The minimum atomic E-state index is -4.50. The van der Waals surface area contributed by atoms with Gasteiger partial charge in [-0.15, -0.1) is 12.4 Å². The van der Waals surface area contributed by atoms with Crippen LogP contribution in [0.2, 0.25) is 0 Å². The Balaban J connectivity index is 0.00000240. The molecule has 0 spiro atoms. The first-order valence-corrected chi connectivity index (χ1v) is 8.72. The fourth-order valence-electron chi connectivity index (χ4n) is 2.86. The number of alkyl halides is 3. The smallest absolute Gasteiger partial charge is 0.324 e. The van der Waals surface area contributed by atoms with Crippen LogP contribution in [0.1, 0.15) is 35.7 Å². The lowest BCUT2D eigenvalue weighted by molar-refractivity contribution is -0.141. The van der Waals surface area contributed by atoms with E-state index in [1.165, 1.54) is 10.9 Å². The van der Waals surface area contributed by atoms with Crippen molar-refractivity contribution >= 4 is 24.0 Å². The van der Waals surface area contributed by atoms with Crippen molar-refractivity contribution in [1.29, 1.82) is 0 Å². The van der Waals surface area contributed by atoms with Crippen molar-refractivity contribution in [2.75, 3.05) is 5.32 Å². The molecule has 29 heavy (non-hydrogen) atoms. The molecule has 0 aromatic carbocycles. The Morgan fingerprint density at radius 1 is 1.17 bits per heavy atom. The summed E-state index contributed by atoms with van der Waals surface area (Å²) in [5.41, 5.74) is 0.863. The molecule has 3 heterocycles. The van der Waals surface area contributed by atoms with Crippen LogP contribution >= 0.6 is 12.4 Å². The van der Waals surface area contributed by atoms with Crippen molar-refractivity contribution in [2.24, 2.45) is 0 Å². The molecular formula is C19H17ClF3N5O. The summed E-state index contributed by atoms with van der Waals surface area (Å²) in [6, 6.07) is 7.72. The second-order valence-electron chi connectivity index (χ2n) is 6.62. The predicted molar refractivity (Wildman–Crippen MR) is 102 cm³/mol. The third-order valence-electron chi connectivity index (χ3n) is 4.39. The number of hydrogen-bond donors (Lipinski definition) is 1. The SMILES string of the molecule is Cl.O=C(Cc1ccncc1)Nc1ccc(-n2nc(C(F)(F)F)cc2C2CC2)nc1. The fraction of sp³-hybridized carbons (Fsp3) is 0.263. The highest BCUT2D eigenvalue weighted by atomic mass is 35.5. The van der Waals surface area contributed by atoms with Gasteiger partial charge in [-0.2, -0.15) is 18.3 Å². The molecule has 6 nitrogen and oxygen atoms in total. The monoisotopic (exact) mass is 423 g/mol. The Bertz CT molecular complexity index is 985. The van der Waals surface area contributed by atoms with Crippen LogP contribution in [0.3, 0.4) is 0 Å². The second-order valence-corrected chi connectivity index (χ2v) is 6.62. The summed E-state index contributed by atoms with van der Waals surface area (Å²) < 4.78 is 40.3. The lowest BCUT2D eigenvalue weighted by atomic mass is 10.2. The summed E-state index contributed by atoms with van der Waals surface area (Å²) >= 11 is 0. The summed E-state index contributed by atoms with van der Waals surface area (Å²) in [5.74, 6) is 0.132. The zero-order chi connectivity index (χ0) is 19.7. The van der Waals surface area contributed by atoms with Crippen molar-refractivity contribution in [3.63, 3.8) is 0 Å². The van der Waals surface area contributed by atoms with Crippen LogP contribution in [0.25, 0.3) is 5.82 Å². The van der Waals surface area contributed by atoms with Crippen molar-refractivity contribution in [3.8, 4) is 5.82 Å². The summed E-state index contributed by atoms with van der Waals surface area (Å²) in [7, 11) is 0. The van der Waals surface area contributed by atoms with Gasteiger partial charge in [-0.25, -0.2) is 9.67 Å². The average Bonchev–Trinajstić information content (AvgIpc) is 3.40. The van der Waals surface area contributed by atoms with E-state index in [4.69, 9.17) is 0 Å². The van der Waals surface area contributed by atoms with Crippen LogP contribution in [0, 0.1) is 0 Å². The van der Waals surface area contributed by atoms with Gasteiger partial charge in [0.05, 0.1) is 18.3 Å². The topological polar surface area (TPSA) is 72.7 Å². The van der Waals surface area contributed by atoms with E-state index in [2.05, 4.69) is 20.4 Å². The van der Waals surface area contributed by atoms with Crippen molar-refractivity contribution in [1.82, 2.24) is 19.7 Å². The third-order valence-corrected chi connectivity index (χ3v) is 4.39. The lowest BCUT2D eigenvalue weighted by Gasteiger charge is -2.08. The normalized spacial score (nSPS) is 13.6.